The lowest BCUT2D eigenvalue weighted by molar-refractivity contribution is 0.146. The van der Waals surface area contributed by atoms with E-state index in [0.717, 1.165) is 24.2 Å². The molecule has 2 unspecified atom stereocenters. The molecule has 0 bridgehead atoms. The number of aryl methyl sites for hydroxylation is 1. The van der Waals surface area contributed by atoms with E-state index in [1.165, 1.54) is 0 Å². The minimum atomic E-state index is -0.368. The molecule has 2 nitrogen and oxygen atoms in total. The first-order chi connectivity index (χ1) is 6.13. The van der Waals surface area contributed by atoms with Crippen molar-refractivity contribution in [2.45, 2.75) is 39.7 Å². The Hall–Kier alpha value is -0.760. The van der Waals surface area contributed by atoms with Gasteiger partial charge in [0.05, 0.1) is 12.4 Å². The maximum atomic E-state index is 9.78. The summed E-state index contributed by atoms with van der Waals surface area (Å²) in [5.41, 5.74) is 0.901. The van der Waals surface area contributed by atoms with E-state index in [9.17, 15) is 5.11 Å². The first-order valence-electron chi connectivity index (χ1n) is 4.86. The van der Waals surface area contributed by atoms with Crippen LogP contribution in [-0.4, -0.2) is 5.11 Å². The molecule has 0 aliphatic carbocycles. The lowest BCUT2D eigenvalue weighted by atomic mass is 9.98. The Morgan fingerprint density at radius 1 is 1.54 bits per heavy atom. The topological polar surface area (TPSA) is 33.4 Å². The third-order valence-corrected chi connectivity index (χ3v) is 2.46. The molecular formula is C11H18O2. The van der Waals surface area contributed by atoms with Gasteiger partial charge in [-0.15, -0.1) is 0 Å². The molecule has 0 amide bonds. The molecule has 2 heteroatoms. The van der Waals surface area contributed by atoms with Crippen LogP contribution in [0.15, 0.2) is 16.7 Å². The van der Waals surface area contributed by atoms with Crippen molar-refractivity contribution in [2.75, 3.05) is 0 Å². The van der Waals surface area contributed by atoms with Crippen LogP contribution in [0.25, 0.3) is 0 Å². The predicted octanol–water partition coefficient (Wildman–Crippen LogP) is 3.06. The molecule has 2 atom stereocenters. The van der Waals surface area contributed by atoms with Gasteiger partial charge in [0, 0.05) is 5.56 Å². The monoisotopic (exact) mass is 182 g/mol. The Morgan fingerprint density at radius 2 is 2.23 bits per heavy atom. The summed E-state index contributed by atoms with van der Waals surface area (Å²) in [6.45, 7) is 6.17. The number of aliphatic hydroxyl groups is 1. The van der Waals surface area contributed by atoms with Crippen molar-refractivity contribution in [2.24, 2.45) is 5.92 Å². The second-order valence-corrected chi connectivity index (χ2v) is 3.76. The molecule has 1 N–H and O–H groups in total. The zero-order chi connectivity index (χ0) is 9.84. The van der Waals surface area contributed by atoms with Crippen LogP contribution in [0.3, 0.4) is 0 Å². The average Bonchev–Trinajstić information content (AvgIpc) is 2.51. The SMILES string of the molecule is CCC(C)CC(O)c1coc(C)c1. The third-order valence-electron chi connectivity index (χ3n) is 2.46. The van der Waals surface area contributed by atoms with Gasteiger partial charge in [-0.2, -0.15) is 0 Å². The van der Waals surface area contributed by atoms with Crippen LogP contribution >= 0.6 is 0 Å². The van der Waals surface area contributed by atoms with E-state index in [-0.39, 0.29) is 6.10 Å². The Labute approximate surface area is 79.6 Å². The van der Waals surface area contributed by atoms with E-state index >= 15 is 0 Å². The minimum absolute atomic E-state index is 0.368. The van der Waals surface area contributed by atoms with Crippen molar-refractivity contribution in [3.63, 3.8) is 0 Å². The molecule has 0 saturated carbocycles. The number of rotatable bonds is 4. The summed E-state index contributed by atoms with van der Waals surface area (Å²) in [4.78, 5) is 0. The molecule has 1 heterocycles. The maximum absolute atomic E-state index is 9.78. The highest BCUT2D eigenvalue weighted by Gasteiger charge is 2.12. The number of aliphatic hydroxyl groups excluding tert-OH is 1. The van der Waals surface area contributed by atoms with Crippen LogP contribution in [0.1, 0.15) is 44.1 Å². The second kappa shape index (κ2) is 4.47. The van der Waals surface area contributed by atoms with E-state index in [4.69, 9.17) is 4.42 Å². The highest BCUT2D eigenvalue weighted by molar-refractivity contribution is 5.14. The van der Waals surface area contributed by atoms with Gasteiger partial charge in [0.1, 0.15) is 5.76 Å². The average molecular weight is 182 g/mol. The summed E-state index contributed by atoms with van der Waals surface area (Å²) in [5, 5.41) is 9.78. The summed E-state index contributed by atoms with van der Waals surface area (Å²) in [5.74, 6) is 1.42. The van der Waals surface area contributed by atoms with Gasteiger partial charge in [-0.25, -0.2) is 0 Å². The zero-order valence-corrected chi connectivity index (χ0v) is 8.58. The Balaban J connectivity index is 2.53. The maximum Gasteiger partial charge on any atom is 0.101 e. The Bertz CT molecular complexity index is 252. The van der Waals surface area contributed by atoms with Gasteiger partial charge in [0.15, 0.2) is 0 Å². The fraction of sp³-hybridized carbons (Fsp3) is 0.636. The molecule has 0 saturated heterocycles. The summed E-state index contributed by atoms with van der Waals surface area (Å²) in [6, 6.07) is 1.90. The van der Waals surface area contributed by atoms with E-state index in [1.54, 1.807) is 6.26 Å². The molecule has 1 rings (SSSR count). The normalized spacial score (nSPS) is 15.7. The van der Waals surface area contributed by atoms with Crippen LogP contribution < -0.4 is 0 Å². The van der Waals surface area contributed by atoms with E-state index in [2.05, 4.69) is 13.8 Å². The lowest BCUT2D eigenvalue weighted by Crippen LogP contribution is -2.02. The molecule has 74 valence electrons. The van der Waals surface area contributed by atoms with Crippen LogP contribution in [-0.2, 0) is 0 Å². The summed E-state index contributed by atoms with van der Waals surface area (Å²) < 4.78 is 5.14. The number of hydrogen-bond acceptors (Lipinski definition) is 2. The van der Waals surface area contributed by atoms with Crippen molar-refractivity contribution >= 4 is 0 Å². The summed E-state index contributed by atoms with van der Waals surface area (Å²) >= 11 is 0. The molecule has 1 aromatic heterocycles. The van der Waals surface area contributed by atoms with Crippen LogP contribution in [0.4, 0.5) is 0 Å². The predicted molar refractivity (Wildman–Crippen MR) is 52.5 cm³/mol. The van der Waals surface area contributed by atoms with Gasteiger partial charge in [0.2, 0.25) is 0 Å². The third kappa shape index (κ3) is 2.88. The Morgan fingerprint density at radius 3 is 2.69 bits per heavy atom. The van der Waals surface area contributed by atoms with Gasteiger partial charge >= 0.3 is 0 Å². The van der Waals surface area contributed by atoms with E-state index in [1.807, 2.05) is 13.0 Å². The van der Waals surface area contributed by atoms with Crippen LogP contribution in [0, 0.1) is 12.8 Å². The summed E-state index contributed by atoms with van der Waals surface area (Å²) in [6.07, 6.45) is 3.19. The van der Waals surface area contributed by atoms with Crippen molar-refractivity contribution in [3.8, 4) is 0 Å². The molecule has 0 aliphatic rings. The molecule has 0 spiro atoms. The molecule has 1 aromatic rings. The van der Waals surface area contributed by atoms with Gasteiger partial charge in [-0.1, -0.05) is 20.3 Å². The molecule has 0 radical (unpaired) electrons. The smallest absolute Gasteiger partial charge is 0.101 e. The van der Waals surface area contributed by atoms with Gasteiger partial charge in [-0.3, -0.25) is 0 Å². The lowest BCUT2D eigenvalue weighted by Gasteiger charge is -2.12. The van der Waals surface area contributed by atoms with Crippen LogP contribution in [0.2, 0.25) is 0 Å². The first kappa shape index (κ1) is 10.3. The van der Waals surface area contributed by atoms with Gasteiger partial charge < -0.3 is 9.52 Å². The molecular weight excluding hydrogens is 164 g/mol. The molecule has 13 heavy (non-hydrogen) atoms. The minimum Gasteiger partial charge on any atom is -0.469 e. The number of hydrogen-bond donors (Lipinski definition) is 1. The number of furan rings is 1. The Kier molecular flexibility index (Phi) is 3.55. The fourth-order valence-electron chi connectivity index (χ4n) is 1.32. The van der Waals surface area contributed by atoms with E-state index in [0.29, 0.717) is 5.92 Å². The van der Waals surface area contributed by atoms with Crippen molar-refractivity contribution in [1.82, 2.24) is 0 Å². The summed E-state index contributed by atoms with van der Waals surface area (Å²) in [7, 11) is 0. The zero-order valence-electron chi connectivity index (χ0n) is 8.58. The standard InChI is InChI=1S/C11H18O2/c1-4-8(2)5-11(12)10-6-9(3)13-7-10/h6-8,11-12H,4-5H2,1-3H3. The van der Waals surface area contributed by atoms with E-state index < -0.39 is 0 Å². The fourth-order valence-corrected chi connectivity index (χ4v) is 1.32. The molecule has 0 fully saturated rings. The van der Waals surface area contributed by atoms with Crippen LogP contribution in [0.5, 0.6) is 0 Å². The van der Waals surface area contributed by atoms with Crippen molar-refractivity contribution < 1.29 is 9.52 Å². The quantitative estimate of drug-likeness (QED) is 0.776. The van der Waals surface area contributed by atoms with Gasteiger partial charge in [-0.05, 0) is 25.3 Å². The highest BCUT2D eigenvalue weighted by Crippen LogP contribution is 2.23. The molecule has 0 aromatic carbocycles. The molecule has 0 aliphatic heterocycles. The highest BCUT2D eigenvalue weighted by atomic mass is 16.3. The largest absolute Gasteiger partial charge is 0.469 e. The first-order valence-corrected chi connectivity index (χ1v) is 4.86. The van der Waals surface area contributed by atoms with Crippen molar-refractivity contribution in [1.29, 1.82) is 0 Å². The van der Waals surface area contributed by atoms with Gasteiger partial charge in [0.25, 0.3) is 0 Å². The van der Waals surface area contributed by atoms with Crippen molar-refractivity contribution in [3.05, 3.63) is 23.7 Å². The second-order valence-electron chi connectivity index (χ2n) is 3.76.